The molecule has 1 N–H and O–H groups in total. The van der Waals surface area contributed by atoms with Gasteiger partial charge in [0.2, 0.25) is 0 Å². The lowest BCUT2D eigenvalue weighted by Gasteiger charge is -2.14. The maximum atomic E-state index is 12.4. The van der Waals surface area contributed by atoms with Crippen LogP contribution in [0, 0.1) is 11.3 Å². The molecular formula is C17H15NO5. The average Bonchev–Trinajstić information content (AvgIpc) is 2.60. The summed E-state index contributed by atoms with van der Waals surface area (Å²) >= 11 is 0. The zero-order valence-corrected chi connectivity index (χ0v) is 12.7. The van der Waals surface area contributed by atoms with Crippen LogP contribution in [-0.4, -0.2) is 25.3 Å². The molecule has 0 aliphatic rings. The number of esters is 1. The summed E-state index contributed by atoms with van der Waals surface area (Å²) in [4.78, 5) is 12.4. The maximum absolute atomic E-state index is 12.4. The Labute approximate surface area is 133 Å². The van der Waals surface area contributed by atoms with Gasteiger partial charge in [-0.1, -0.05) is 0 Å². The molecule has 0 radical (unpaired) electrons. The quantitative estimate of drug-likeness (QED) is 0.673. The van der Waals surface area contributed by atoms with E-state index in [1.165, 1.54) is 38.5 Å². The third-order valence-electron chi connectivity index (χ3n) is 3.15. The smallest absolute Gasteiger partial charge is 0.351 e. The number of nitrogens with zero attached hydrogens (tertiary/aromatic N) is 1. The van der Waals surface area contributed by atoms with Gasteiger partial charge in [0.05, 0.1) is 32.5 Å². The van der Waals surface area contributed by atoms with Crippen LogP contribution in [0.5, 0.6) is 17.2 Å². The van der Waals surface area contributed by atoms with E-state index in [4.69, 9.17) is 19.5 Å². The molecule has 0 bridgehead atoms. The van der Waals surface area contributed by atoms with Gasteiger partial charge in [0.15, 0.2) is 0 Å². The second kappa shape index (κ2) is 7.29. The van der Waals surface area contributed by atoms with Crippen LogP contribution in [0.3, 0.4) is 0 Å². The Morgan fingerprint density at radius 3 is 2.13 bits per heavy atom. The van der Waals surface area contributed by atoms with E-state index in [0.717, 1.165) is 0 Å². The summed E-state index contributed by atoms with van der Waals surface area (Å²) in [5, 5.41) is 18.0. The van der Waals surface area contributed by atoms with E-state index < -0.39 is 5.97 Å². The van der Waals surface area contributed by atoms with Gasteiger partial charge in [-0.15, -0.1) is 0 Å². The molecule has 23 heavy (non-hydrogen) atoms. The third-order valence-corrected chi connectivity index (χ3v) is 3.15. The fourth-order valence-electron chi connectivity index (χ4n) is 2.01. The number of benzene rings is 2. The summed E-state index contributed by atoms with van der Waals surface area (Å²) in [5.41, 5.74) is 1.14. The molecule has 118 valence electrons. The highest BCUT2D eigenvalue weighted by atomic mass is 16.5. The van der Waals surface area contributed by atoms with E-state index in [-0.39, 0.29) is 23.7 Å². The fraction of sp³-hybridized carbons (Fsp3) is 0.176. The van der Waals surface area contributed by atoms with Crippen molar-refractivity contribution in [3.8, 4) is 23.3 Å². The number of methoxy groups -OCH3 is 2. The van der Waals surface area contributed by atoms with Gasteiger partial charge in [-0.25, -0.2) is 4.79 Å². The summed E-state index contributed by atoms with van der Waals surface area (Å²) in [6.45, 7) is -0.211. The van der Waals surface area contributed by atoms with E-state index in [0.29, 0.717) is 16.9 Å². The number of carbonyl (C=O) groups excluding carboxylic acids is 1. The molecule has 0 saturated heterocycles. The zero-order chi connectivity index (χ0) is 16.8. The molecule has 2 aromatic rings. The van der Waals surface area contributed by atoms with Crippen molar-refractivity contribution in [2.75, 3.05) is 14.2 Å². The Hall–Kier alpha value is -3.04. The Morgan fingerprint density at radius 2 is 1.70 bits per heavy atom. The number of ether oxygens (including phenoxy) is 3. The van der Waals surface area contributed by atoms with Crippen molar-refractivity contribution in [1.82, 2.24) is 0 Å². The fourth-order valence-corrected chi connectivity index (χ4v) is 2.01. The van der Waals surface area contributed by atoms with Gasteiger partial charge < -0.3 is 19.3 Å². The molecule has 0 spiro atoms. The van der Waals surface area contributed by atoms with E-state index in [2.05, 4.69) is 0 Å². The molecule has 0 atom stereocenters. The highest BCUT2D eigenvalue weighted by molar-refractivity contribution is 5.97. The molecule has 0 saturated carbocycles. The van der Waals surface area contributed by atoms with Crippen molar-refractivity contribution in [2.24, 2.45) is 0 Å². The first-order valence-electron chi connectivity index (χ1n) is 6.71. The van der Waals surface area contributed by atoms with Gasteiger partial charge in [0.1, 0.15) is 22.8 Å². The predicted molar refractivity (Wildman–Crippen MR) is 81.6 cm³/mol. The Morgan fingerprint density at radius 1 is 1.13 bits per heavy atom. The zero-order valence-electron chi connectivity index (χ0n) is 12.7. The number of carbonyl (C=O) groups is 1. The molecule has 0 fully saturated rings. The first-order chi connectivity index (χ1) is 11.1. The molecule has 0 unspecified atom stereocenters. The van der Waals surface area contributed by atoms with E-state index in [1.807, 2.05) is 6.07 Å². The molecule has 6 nitrogen and oxygen atoms in total. The lowest BCUT2D eigenvalue weighted by molar-refractivity contribution is 0.0727. The SMILES string of the molecule is COc1cc(CO)cc(OC)c1C(=O)Oc1ccc(C#N)cc1. The topological polar surface area (TPSA) is 88.8 Å². The van der Waals surface area contributed by atoms with Crippen LogP contribution in [0.1, 0.15) is 21.5 Å². The normalized spacial score (nSPS) is 9.83. The molecule has 6 heteroatoms. The van der Waals surface area contributed by atoms with Crippen LogP contribution < -0.4 is 14.2 Å². The minimum Gasteiger partial charge on any atom is -0.496 e. The van der Waals surface area contributed by atoms with Crippen molar-refractivity contribution in [1.29, 1.82) is 5.26 Å². The largest absolute Gasteiger partial charge is 0.496 e. The van der Waals surface area contributed by atoms with Crippen LogP contribution in [0.25, 0.3) is 0 Å². The van der Waals surface area contributed by atoms with Gasteiger partial charge in [-0.3, -0.25) is 0 Å². The summed E-state index contributed by atoms with van der Waals surface area (Å²) in [5.74, 6) is 0.122. The van der Waals surface area contributed by atoms with Crippen molar-refractivity contribution < 1.29 is 24.1 Å². The lowest BCUT2D eigenvalue weighted by atomic mass is 10.1. The first kappa shape index (κ1) is 16.3. The van der Waals surface area contributed by atoms with Crippen LogP contribution in [0.4, 0.5) is 0 Å². The minimum absolute atomic E-state index is 0.122. The second-order valence-electron chi connectivity index (χ2n) is 4.56. The molecule has 0 aliphatic heterocycles. The molecule has 2 aromatic carbocycles. The van der Waals surface area contributed by atoms with Crippen LogP contribution in [-0.2, 0) is 6.61 Å². The highest BCUT2D eigenvalue weighted by Gasteiger charge is 2.22. The maximum Gasteiger partial charge on any atom is 0.351 e. The minimum atomic E-state index is -0.659. The molecule has 2 rings (SSSR count). The van der Waals surface area contributed by atoms with E-state index in [9.17, 15) is 9.90 Å². The summed E-state index contributed by atoms with van der Waals surface area (Å²) in [6.07, 6.45) is 0. The van der Waals surface area contributed by atoms with Crippen LogP contribution in [0.2, 0.25) is 0 Å². The molecule has 0 aliphatic carbocycles. The third kappa shape index (κ3) is 3.59. The lowest BCUT2D eigenvalue weighted by Crippen LogP contribution is -2.12. The highest BCUT2D eigenvalue weighted by Crippen LogP contribution is 2.31. The van der Waals surface area contributed by atoms with Gasteiger partial charge >= 0.3 is 5.97 Å². The van der Waals surface area contributed by atoms with Gasteiger partial charge in [-0.05, 0) is 42.0 Å². The summed E-state index contributed by atoms with van der Waals surface area (Å²) in [6, 6.07) is 11.2. The number of aliphatic hydroxyl groups excluding tert-OH is 1. The predicted octanol–water partition coefficient (Wildman–Crippen LogP) is 2.29. The summed E-state index contributed by atoms with van der Waals surface area (Å²) in [7, 11) is 2.82. The number of aliphatic hydroxyl groups is 1. The second-order valence-corrected chi connectivity index (χ2v) is 4.56. The van der Waals surface area contributed by atoms with Crippen molar-refractivity contribution in [3.63, 3.8) is 0 Å². The van der Waals surface area contributed by atoms with Gasteiger partial charge in [0.25, 0.3) is 0 Å². The number of nitriles is 1. The van der Waals surface area contributed by atoms with E-state index >= 15 is 0 Å². The van der Waals surface area contributed by atoms with Gasteiger partial charge in [0, 0.05) is 0 Å². The van der Waals surface area contributed by atoms with Crippen molar-refractivity contribution in [3.05, 3.63) is 53.1 Å². The molecular weight excluding hydrogens is 298 g/mol. The van der Waals surface area contributed by atoms with Gasteiger partial charge in [-0.2, -0.15) is 5.26 Å². The Bertz CT molecular complexity index is 722. The van der Waals surface area contributed by atoms with Crippen LogP contribution >= 0.6 is 0 Å². The standard InChI is InChI=1S/C17H15NO5/c1-21-14-7-12(10-19)8-15(22-2)16(14)17(20)23-13-5-3-11(9-18)4-6-13/h3-8,19H,10H2,1-2H3. The molecule has 0 amide bonds. The number of rotatable bonds is 5. The first-order valence-corrected chi connectivity index (χ1v) is 6.71. The average molecular weight is 313 g/mol. The van der Waals surface area contributed by atoms with E-state index in [1.54, 1.807) is 12.1 Å². The molecule has 0 heterocycles. The number of hydrogen-bond acceptors (Lipinski definition) is 6. The Kier molecular flexibility index (Phi) is 5.18. The monoisotopic (exact) mass is 313 g/mol. The summed E-state index contributed by atoms with van der Waals surface area (Å²) < 4.78 is 15.7. The number of hydrogen-bond donors (Lipinski definition) is 1. The van der Waals surface area contributed by atoms with Crippen molar-refractivity contribution >= 4 is 5.97 Å². The van der Waals surface area contributed by atoms with Crippen molar-refractivity contribution in [2.45, 2.75) is 6.61 Å². The molecule has 0 aromatic heterocycles. The Balaban J connectivity index is 2.35. The van der Waals surface area contributed by atoms with Crippen LogP contribution in [0.15, 0.2) is 36.4 Å².